The highest BCUT2D eigenvalue weighted by Gasteiger charge is 2.08. The standard InChI is InChI=1S/C15H21NO3/c1-3-4-5-6-11-16-14(17)12-7-9-13(10-8-12)15(18)19-2/h7-10H,3-6,11H2,1-2H3,(H,16,17). The van der Waals surface area contributed by atoms with Crippen LogP contribution in [0.1, 0.15) is 53.3 Å². The van der Waals surface area contributed by atoms with Crippen molar-refractivity contribution in [3.63, 3.8) is 0 Å². The molecule has 1 rings (SSSR count). The van der Waals surface area contributed by atoms with Gasteiger partial charge in [0, 0.05) is 12.1 Å². The minimum atomic E-state index is -0.397. The lowest BCUT2D eigenvalue weighted by Crippen LogP contribution is -2.24. The molecule has 0 bridgehead atoms. The number of esters is 1. The van der Waals surface area contributed by atoms with Gasteiger partial charge in [-0.2, -0.15) is 0 Å². The van der Waals surface area contributed by atoms with E-state index in [0.717, 1.165) is 12.8 Å². The Morgan fingerprint density at radius 1 is 1.05 bits per heavy atom. The Morgan fingerprint density at radius 3 is 2.26 bits per heavy atom. The van der Waals surface area contributed by atoms with Gasteiger partial charge < -0.3 is 10.1 Å². The summed E-state index contributed by atoms with van der Waals surface area (Å²) in [5.41, 5.74) is 1.00. The topological polar surface area (TPSA) is 55.4 Å². The number of amides is 1. The van der Waals surface area contributed by atoms with Crippen LogP contribution in [-0.2, 0) is 4.74 Å². The molecule has 104 valence electrons. The maximum atomic E-state index is 11.8. The van der Waals surface area contributed by atoms with Crippen LogP contribution in [0.25, 0.3) is 0 Å². The summed E-state index contributed by atoms with van der Waals surface area (Å²) in [6.07, 6.45) is 4.52. The second kappa shape index (κ2) is 8.29. The number of ether oxygens (including phenoxy) is 1. The molecule has 0 aliphatic carbocycles. The summed E-state index contributed by atoms with van der Waals surface area (Å²) in [7, 11) is 1.33. The Bertz CT molecular complexity index is 412. The molecular formula is C15H21NO3. The molecule has 1 N–H and O–H groups in total. The van der Waals surface area contributed by atoms with Crippen LogP contribution >= 0.6 is 0 Å². The van der Waals surface area contributed by atoms with Gasteiger partial charge >= 0.3 is 5.97 Å². The van der Waals surface area contributed by atoms with Gasteiger partial charge in [-0.3, -0.25) is 4.79 Å². The number of rotatable bonds is 7. The quantitative estimate of drug-likeness (QED) is 0.608. The van der Waals surface area contributed by atoms with E-state index >= 15 is 0 Å². The van der Waals surface area contributed by atoms with Gasteiger partial charge in [0.15, 0.2) is 0 Å². The molecule has 1 aromatic rings. The number of carbonyl (C=O) groups excluding carboxylic acids is 2. The number of hydrogen-bond acceptors (Lipinski definition) is 3. The molecule has 0 unspecified atom stereocenters. The lowest BCUT2D eigenvalue weighted by atomic mass is 10.1. The minimum absolute atomic E-state index is 0.104. The van der Waals surface area contributed by atoms with E-state index in [1.165, 1.54) is 20.0 Å². The van der Waals surface area contributed by atoms with E-state index in [1.807, 2.05) is 0 Å². The van der Waals surface area contributed by atoms with Crippen LogP contribution in [0.5, 0.6) is 0 Å². The van der Waals surface area contributed by atoms with E-state index in [0.29, 0.717) is 17.7 Å². The zero-order chi connectivity index (χ0) is 14.1. The van der Waals surface area contributed by atoms with Crippen molar-refractivity contribution in [1.82, 2.24) is 5.32 Å². The predicted molar refractivity (Wildman–Crippen MR) is 74.3 cm³/mol. The normalized spacial score (nSPS) is 10.0. The molecule has 0 aliphatic heterocycles. The molecule has 19 heavy (non-hydrogen) atoms. The maximum absolute atomic E-state index is 11.8. The van der Waals surface area contributed by atoms with E-state index in [4.69, 9.17) is 0 Å². The summed E-state index contributed by atoms with van der Waals surface area (Å²) in [4.78, 5) is 23.0. The van der Waals surface area contributed by atoms with Gasteiger partial charge in [0.05, 0.1) is 12.7 Å². The fraction of sp³-hybridized carbons (Fsp3) is 0.467. The smallest absolute Gasteiger partial charge is 0.337 e. The molecule has 0 radical (unpaired) electrons. The zero-order valence-electron chi connectivity index (χ0n) is 11.6. The first-order valence-corrected chi connectivity index (χ1v) is 6.65. The third-order valence-corrected chi connectivity index (χ3v) is 2.88. The van der Waals surface area contributed by atoms with Gasteiger partial charge in [-0.1, -0.05) is 26.2 Å². The zero-order valence-corrected chi connectivity index (χ0v) is 11.6. The van der Waals surface area contributed by atoms with Crippen LogP contribution in [0, 0.1) is 0 Å². The van der Waals surface area contributed by atoms with Crippen LogP contribution in [0.4, 0.5) is 0 Å². The van der Waals surface area contributed by atoms with Crippen molar-refractivity contribution in [1.29, 1.82) is 0 Å². The number of hydrogen-bond donors (Lipinski definition) is 1. The van der Waals surface area contributed by atoms with Crippen molar-refractivity contribution < 1.29 is 14.3 Å². The minimum Gasteiger partial charge on any atom is -0.465 e. The van der Waals surface area contributed by atoms with E-state index < -0.39 is 5.97 Å². The van der Waals surface area contributed by atoms with Gasteiger partial charge in [0.1, 0.15) is 0 Å². The van der Waals surface area contributed by atoms with Crippen molar-refractivity contribution in [2.24, 2.45) is 0 Å². The number of carbonyl (C=O) groups is 2. The third-order valence-electron chi connectivity index (χ3n) is 2.88. The molecule has 0 aliphatic rings. The fourth-order valence-electron chi connectivity index (χ4n) is 1.73. The summed E-state index contributed by atoms with van der Waals surface area (Å²) in [6, 6.07) is 6.46. The van der Waals surface area contributed by atoms with E-state index in [2.05, 4.69) is 17.0 Å². The monoisotopic (exact) mass is 263 g/mol. The van der Waals surface area contributed by atoms with Crippen molar-refractivity contribution in [2.45, 2.75) is 32.6 Å². The number of unbranched alkanes of at least 4 members (excludes halogenated alkanes) is 3. The van der Waals surface area contributed by atoms with Crippen LogP contribution in [0.2, 0.25) is 0 Å². The van der Waals surface area contributed by atoms with E-state index in [-0.39, 0.29) is 5.91 Å². The van der Waals surface area contributed by atoms with Crippen molar-refractivity contribution >= 4 is 11.9 Å². The molecule has 4 nitrogen and oxygen atoms in total. The molecule has 0 atom stereocenters. The Balaban J connectivity index is 2.42. The van der Waals surface area contributed by atoms with Crippen LogP contribution < -0.4 is 5.32 Å². The van der Waals surface area contributed by atoms with Crippen LogP contribution in [0.15, 0.2) is 24.3 Å². The largest absolute Gasteiger partial charge is 0.465 e. The lowest BCUT2D eigenvalue weighted by Gasteiger charge is -2.05. The second-order valence-corrected chi connectivity index (χ2v) is 4.39. The first-order chi connectivity index (χ1) is 9.19. The first kappa shape index (κ1) is 15.2. The number of methoxy groups -OCH3 is 1. The predicted octanol–water partition coefficient (Wildman–Crippen LogP) is 2.78. The number of nitrogens with one attached hydrogen (secondary N) is 1. The lowest BCUT2D eigenvalue weighted by molar-refractivity contribution is 0.0600. The SMILES string of the molecule is CCCCCCNC(=O)c1ccc(C(=O)OC)cc1. The highest BCUT2D eigenvalue weighted by atomic mass is 16.5. The fourth-order valence-corrected chi connectivity index (χ4v) is 1.73. The van der Waals surface area contributed by atoms with Crippen molar-refractivity contribution in [3.05, 3.63) is 35.4 Å². The Labute approximate surface area is 114 Å². The molecule has 1 amide bonds. The van der Waals surface area contributed by atoms with Crippen molar-refractivity contribution in [3.8, 4) is 0 Å². The van der Waals surface area contributed by atoms with Crippen LogP contribution in [0.3, 0.4) is 0 Å². The Hall–Kier alpha value is -1.84. The molecular weight excluding hydrogens is 242 g/mol. The summed E-state index contributed by atoms with van der Waals surface area (Å²) >= 11 is 0. The summed E-state index contributed by atoms with van der Waals surface area (Å²) in [5, 5.41) is 2.87. The van der Waals surface area contributed by atoms with Crippen molar-refractivity contribution in [2.75, 3.05) is 13.7 Å². The molecule has 0 heterocycles. The maximum Gasteiger partial charge on any atom is 0.337 e. The Morgan fingerprint density at radius 2 is 1.68 bits per heavy atom. The summed E-state index contributed by atoms with van der Waals surface area (Å²) < 4.78 is 4.60. The highest BCUT2D eigenvalue weighted by molar-refractivity contribution is 5.96. The average molecular weight is 263 g/mol. The second-order valence-electron chi connectivity index (χ2n) is 4.39. The molecule has 0 aromatic heterocycles. The Kier molecular flexibility index (Phi) is 6.64. The molecule has 4 heteroatoms. The van der Waals surface area contributed by atoms with Gasteiger partial charge in [0.2, 0.25) is 0 Å². The molecule has 0 saturated carbocycles. The molecule has 0 saturated heterocycles. The van der Waals surface area contributed by atoms with Gasteiger partial charge in [-0.15, -0.1) is 0 Å². The van der Waals surface area contributed by atoms with Crippen LogP contribution in [-0.4, -0.2) is 25.5 Å². The van der Waals surface area contributed by atoms with Gasteiger partial charge in [0.25, 0.3) is 5.91 Å². The number of benzene rings is 1. The van der Waals surface area contributed by atoms with Gasteiger partial charge in [-0.25, -0.2) is 4.79 Å². The summed E-state index contributed by atoms with van der Waals surface area (Å²) in [6.45, 7) is 2.85. The molecule has 1 aromatic carbocycles. The third kappa shape index (κ3) is 5.12. The summed E-state index contributed by atoms with van der Waals surface area (Å²) in [5.74, 6) is -0.501. The van der Waals surface area contributed by atoms with E-state index in [1.54, 1.807) is 24.3 Å². The highest BCUT2D eigenvalue weighted by Crippen LogP contribution is 2.06. The first-order valence-electron chi connectivity index (χ1n) is 6.65. The molecule has 0 spiro atoms. The average Bonchev–Trinajstić information content (AvgIpc) is 2.46. The van der Waals surface area contributed by atoms with Gasteiger partial charge in [-0.05, 0) is 30.7 Å². The molecule has 0 fully saturated rings. The van der Waals surface area contributed by atoms with E-state index in [9.17, 15) is 9.59 Å².